The van der Waals surface area contributed by atoms with E-state index in [1.807, 2.05) is 39.0 Å². The second-order valence-corrected chi connectivity index (χ2v) is 17.5. The van der Waals surface area contributed by atoms with Gasteiger partial charge in [0.1, 0.15) is 0 Å². The number of nitrogens with one attached hydrogen (secondary N) is 2. The molecule has 284 valence electrons. The van der Waals surface area contributed by atoms with Gasteiger partial charge in [0.05, 0.1) is 29.0 Å². The van der Waals surface area contributed by atoms with E-state index >= 15 is 0 Å². The van der Waals surface area contributed by atoms with Gasteiger partial charge in [-0.3, -0.25) is 0 Å². The van der Waals surface area contributed by atoms with Crippen molar-refractivity contribution in [3.05, 3.63) is 65.2 Å². The van der Waals surface area contributed by atoms with Gasteiger partial charge >= 0.3 is 12.4 Å². The summed E-state index contributed by atoms with van der Waals surface area (Å²) in [6, 6.07) is 13.7. The van der Waals surface area contributed by atoms with E-state index in [-0.39, 0.29) is 72.4 Å². The van der Waals surface area contributed by atoms with Crippen LogP contribution in [-0.2, 0) is 16.4 Å². The van der Waals surface area contributed by atoms with Crippen LogP contribution < -0.4 is 14.8 Å². The normalized spacial score (nSPS) is 26.0. The lowest BCUT2D eigenvalue weighted by Gasteiger charge is -2.49. The zero-order valence-electron chi connectivity index (χ0n) is 29.8. The van der Waals surface area contributed by atoms with Crippen molar-refractivity contribution >= 4 is 16.0 Å². The topological polar surface area (TPSA) is 93.2 Å². The molecule has 0 spiro atoms. The molecule has 0 saturated heterocycles. The molecule has 14 heteroatoms. The van der Waals surface area contributed by atoms with Crippen LogP contribution in [0.5, 0.6) is 5.88 Å². The molecule has 2 fully saturated rings. The van der Waals surface area contributed by atoms with Crippen molar-refractivity contribution in [3.63, 3.8) is 0 Å². The van der Waals surface area contributed by atoms with E-state index in [1.54, 1.807) is 24.3 Å². The van der Waals surface area contributed by atoms with Crippen LogP contribution in [0, 0.1) is 42.4 Å². The van der Waals surface area contributed by atoms with Gasteiger partial charge in [0.25, 0.3) is 10.0 Å². The summed E-state index contributed by atoms with van der Waals surface area (Å²) in [5, 5.41) is 3.00. The Bertz CT molecular complexity index is 1850. The maximum atomic E-state index is 14.6. The van der Waals surface area contributed by atoms with Crippen molar-refractivity contribution in [2.45, 2.75) is 102 Å². The first-order valence-electron chi connectivity index (χ1n) is 17.8. The van der Waals surface area contributed by atoms with Crippen LogP contribution in [0.1, 0.15) is 75.5 Å². The summed E-state index contributed by atoms with van der Waals surface area (Å²) in [5.74, 6) is -1.23. The zero-order chi connectivity index (χ0) is 37.7. The third-order valence-corrected chi connectivity index (χ3v) is 12.7. The summed E-state index contributed by atoms with van der Waals surface area (Å²) < 4.78 is 118. The predicted molar refractivity (Wildman–Crippen MR) is 186 cm³/mol. The highest BCUT2D eigenvalue weighted by Crippen LogP contribution is 2.62. The van der Waals surface area contributed by atoms with Gasteiger partial charge in [0, 0.05) is 24.2 Å². The molecule has 3 atom stereocenters. The van der Waals surface area contributed by atoms with Gasteiger partial charge in [0.15, 0.2) is 0 Å². The van der Waals surface area contributed by atoms with Gasteiger partial charge in [-0.1, -0.05) is 44.2 Å². The molecule has 52 heavy (non-hydrogen) atoms. The minimum absolute atomic E-state index is 0.0246. The molecule has 2 N–H and O–H groups in total. The number of rotatable bonds is 9. The van der Waals surface area contributed by atoms with E-state index < -0.39 is 40.1 Å². The van der Waals surface area contributed by atoms with E-state index in [0.29, 0.717) is 36.9 Å². The Kier molecular flexibility index (Phi) is 10.4. The Labute approximate surface area is 301 Å². The van der Waals surface area contributed by atoms with Crippen molar-refractivity contribution in [3.8, 4) is 17.1 Å². The Hall–Kier alpha value is -3.39. The van der Waals surface area contributed by atoms with Crippen molar-refractivity contribution in [2.75, 3.05) is 17.9 Å². The molecule has 2 saturated carbocycles. The molecule has 3 aliphatic rings. The van der Waals surface area contributed by atoms with Crippen LogP contribution in [0.25, 0.3) is 11.3 Å². The van der Waals surface area contributed by atoms with Crippen LogP contribution in [0.3, 0.4) is 0 Å². The molecule has 2 heterocycles. The van der Waals surface area contributed by atoms with Crippen LogP contribution >= 0.6 is 0 Å². The van der Waals surface area contributed by atoms with Crippen molar-refractivity contribution in [1.82, 2.24) is 15.3 Å². The number of hydrogen-bond donors (Lipinski definition) is 2. The molecule has 6 rings (SSSR count). The lowest BCUT2D eigenvalue weighted by atomic mass is 9.60. The van der Waals surface area contributed by atoms with E-state index in [0.717, 1.165) is 16.7 Å². The van der Waals surface area contributed by atoms with Crippen LogP contribution in [0.4, 0.5) is 32.3 Å². The standard InChI is InChI=1S/C38H46F6N4O3S/c1-23-7-5-8-24(2)33(23)31-17-32-47-34(46-31)48-52(49,50)29-10-6-9-26(15-29)16-30(27(22-51-32)19-36(11-12-36)38(42,43)44)25(3)18-35(4)20-28(21-35)45-14-13-37(39,40)41/h5-10,15,17,25,27-28,30,45H,11-14,16,18-22H2,1-4H3,(H,46,47,48)/t25?,27-,28?,30?,35?/m1/s1. The average molecular weight is 753 g/mol. The number of aryl methyl sites for hydroxylation is 2. The van der Waals surface area contributed by atoms with Crippen molar-refractivity contribution < 1.29 is 39.5 Å². The minimum Gasteiger partial charge on any atom is -0.477 e. The third-order valence-electron chi connectivity index (χ3n) is 11.4. The molecular formula is C38H46F6N4O3S. The molecule has 7 nitrogen and oxygen atoms in total. The molecule has 2 aromatic carbocycles. The Morgan fingerprint density at radius 3 is 2.31 bits per heavy atom. The third kappa shape index (κ3) is 8.69. The minimum atomic E-state index is -4.40. The summed E-state index contributed by atoms with van der Waals surface area (Å²) in [4.78, 5) is 8.91. The Balaban J connectivity index is 1.36. The SMILES string of the molecule is Cc1cccc(C)c1-c1cc2nc(n1)NS(=O)(=O)c1cccc(c1)CC(C(C)CC1(C)CC(NCCC(F)(F)F)C1)[C@H](CC1(C(F)(F)F)CC1)CO2. The summed E-state index contributed by atoms with van der Waals surface area (Å²) in [6.45, 7) is 7.65. The van der Waals surface area contributed by atoms with Crippen molar-refractivity contribution in [1.29, 1.82) is 0 Å². The monoisotopic (exact) mass is 752 g/mol. The fourth-order valence-electron chi connectivity index (χ4n) is 8.58. The number of hydrogen-bond acceptors (Lipinski definition) is 6. The number of fused-ring (bicyclic) bond motifs is 4. The number of nitrogens with zero attached hydrogens (tertiary/aromatic N) is 2. The number of halogens is 6. The quantitative estimate of drug-likeness (QED) is 0.212. The molecule has 2 aliphatic carbocycles. The lowest BCUT2D eigenvalue weighted by molar-refractivity contribution is -0.194. The van der Waals surface area contributed by atoms with Crippen LogP contribution in [0.15, 0.2) is 53.4 Å². The number of alkyl halides is 6. The van der Waals surface area contributed by atoms with E-state index in [2.05, 4.69) is 26.9 Å². The maximum absolute atomic E-state index is 14.6. The fourth-order valence-corrected chi connectivity index (χ4v) is 9.60. The number of ether oxygens (including phenoxy) is 1. The number of sulfonamides is 1. The summed E-state index contributed by atoms with van der Waals surface area (Å²) in [6.07, 6.45) is -7.38. The zero-order valence-corrected chi connectivity index (χ0v) is 30.6. The smallest absolute Gasteiger partial charge is 0.394 e. The first kappa shape index (κ1) is 38.3. The fraction of sp³-hybridized carbons (Fsp3) is 0.579. The maximum Gasteiger partial charge on any atom is 0.394 e. The second kappa shape index (κ2) is 14.1. The Morgan fingerprint density at radius 1 is 1.00 bits per heavy atom. The van der Waals surface area contributed by atoms with E-state index in [9.17, 15) is 34.8 Å². The summed E-state index contributed by atoms with van der Waals surface area (Å²) >= 11 is 0. The van der Waals surface area contributed by atoms with Crippen molar-refractivity contribution in [2.24, 2.45) is 28.6 Å². The lowest BCUT2D eigenvalue weighted by Crippen LogP contribution is -2.49. The number of benzene rings is 2. The molecule has 0 amide bonds. The second-order valence-electron chi connectivity index (χ2n) is 15.8. The number of anilines is 1. The van der Waals surface area contributed by atoms with Gasteiger partial charge in [-0.2, -0.15) is 31.3 Å². The molecule has 0 radical (unpaired) electrons. The van der Waals surface area contributed by atoms with Gasteiger partial charge in [-0.15, -0.1) is 0 Å². The summed E-state index contributed by atoms with van der Waals surface area (Å²) in [5.41, 5.74) is 1.56. The highest BCUT2D eigenvalue weighted by molar-refractivity contribution is 7.92. The predicted octanol–water partition coefficient (Wildman–Crippen LogP) is 9.20. The van der Waals surface area contributed by atoms with E-state index in [1.165, 1.54) is 6.07 Å². The molecule has 1 aromatic heterocycles. The largest absolute Gasteiger partial charge is 0.477 e. The van der Waals surface area contributed by atoms with Crippen LogP contribution in [0.2, 0.25) is 0 Å². The molecular weight excluding hydrogens is 706 g/mol. The molecule has 2 unspecified atom stereocenters. The van der Waals surface area contributed by atoms with E-state index in [4.69, 9.17) is 4.74 Å². The highest BCUT2D eigenvalue weighted by Gasteiger charge is 2.64. The first-order valence-corrected chi connectivity index (χ1v) is 19.3. The highest BCUT2D eigenvalue weighted by atomic mass is 32.2. The Morgan fingerprint density at radius 2 is 1.67 bits per heavy atom. The first-order chi connectivity index (χ1) is 24.2. The van der Waals surface area contributed by atoms with Gasteiger partial charge in [-0.05, 0) is 111 Å². The van der Waals surface area contributed by atoms with Crippen LogP contribution in [-0.4, -0.2) is 49.9 Å². The molecule has 4 bridgehead atoms. The molecule has 3 aromatic rings. The van der Waals surface area contributed by atoms with Gasteiger partial charge in [-0.25, -0.2) is 18.1 Å². The molecule has 1 aliphatic heterocycles. The van der Waals surface area contributed by atoms with Gasteiger partial charge < -0.3 is 10.1 Å². The number of aromatic nitrogens is 2. The summed E-state index contributed by atoms with van der Waals surface area (Å²) in [7, 11) is -4.17. The average Bonchev–Trinajstić information content (AvgIpc) is 3.81. The van der Waals surface area contributed by atoms with Gasteiger partial charge in [0.2, 0.25) is 11.8 Å².